The fraction of sp³-hybridized carbons (Fsp3) is 0. The first-order chi connectivity index (χ1) is 16.9. The molecule has 7 heteroatoms. The van der Waals surface area contributed by atoms with Gasteiger partial charge in [0.25, 0.3) is 0 Å². The van der Waals surface area contributed by atoms with Crippen LogP contribution in [0, 0.1) is 0 Å². The van der Waals surface area contributed by atoms with Gasteiger partial charge in [0.05, 0.1) is 45.7 Å². The van der Waals surface area contributed by atoms with Gasteiger partial charge in [-0.15, -0.1) is 0 Å². The van der Waals surface area contributed by atoms with Crippen LogP contribution in [-0.4, -0.2) is 34.1 Å². The van der Waals surface area contributed by atoms with Gasteiger partial charge >= 0.3 is 0 Å². The van der Waals surface area contributed by atoms with Gasteiger partial charge in [-0.1, -0.05) is 36.4 Å². The van der Waals surface area contributed by atoms with E-state index in [0.29, 0.717) is 0 Å². The van der Waals surface area contributed by atoms with Gasteiger partial charge in [0.2, 0.25) is 0 Å². The molecular weight excluding hydrogens is 422 g/mol. The van der Waals surface area contributed by atoms with Gasteiger partial charge in [-0.05, 0) is 30.3 Å². The zero-order valence-corrected chi connectivity index (χ0v) is 17.9. The number of rotatable bonds is 3. The predicted molar refractivity (Wildman–Crippen MR) is 132 cm³/mol. The molecule has 0 bridgehead atoms. The molecule has 160 valence electrons. The van der Waals surface area contributed by atoms with Crippen LogP contribution in [0.3, 0.4) is 0 Å². The summed E-state index contributed by atoms with van der Waals surface area (Å²) in [6, 6.07) is 23.2. The van der Waals surface area contributed by atoms with Gasteiger partial charge in [0, 0.05) is 28.9 Å². The Bertz CT molecular complexity index is 1790. The van der Waals surface area contributed by atoms with Crippen molar-refractivity contribution in [1.82, 2.24) is 34.1 Å². The van der Waals surface area contributed by atoms with Crippen molar-refractivity contribution in [3.8, 4) is 22.8 Å². The number of hydrogen-bond donors (Lipinski definition) is 0. The molecule has 7 nitrogen and oxygen atoms in total. The topological polar surface area (TPSA) is 74.3 Å². The van der Waals surface area contributed by atoms with Gasteiger partial charge in [-0.25, -0.2) is 24.9 Å². The minimum atomic E-state index is 0.745. The lowest BCUT2D eigenvalue weighted by molar-refractivity contribution is 1.03. The molecule has 0 saturated carbocycles. The molecule has 0 saturated heterocycles. The van der Waals surface area contributed by atoms with Crippen LogP contribution in [0.2, 0.25) is 0 Å². The number of para-hydroxylation sites is 2. The zero-order valence-electron chi connectivity index (χ0n) is 17.9. The Balaban J connectivity index is 1.66. The Labute approximate surface area is 194 Å². The second-order valence-electron chi connectivity index (χ2n) is 8.01. The summed E-state index contributed by atoms with van der Waals surface area (Å²) < 4.78 is 4.36. The van der Waals surface area contributed by atoms with Gasteiger partial charge in [-0.2, -0.15) is 0 Å². The van der Waals surface area contributed by atoms with Crippen LogP contribution < -0.4 is 0 Å². The first-order valence-corrected chi connectivity index (χ1v) is 10.9. The molecule has 0 N–H and O–H groups in total. The molecule has 4 heterocycles. The third-order valence-electron chi connectivity index (χ3n) is 6.10. The summed E-state index contributed by atoms with van der Waals surface area (Å²) in [5.74, 6) is 0.745. The summed E-state index contributed by atoms with van der Waals surface area (Å²) in [6.07, 6.45) is 10.2. The zero-order chi connectivity index (χ0) is 22.5. The van der Waals surface area contributed by atoms with E-state index in [0.717, 1.165) is 55.6 Å². The molecular formula is C27H17N7. The third-order valence-corrected chi connectivity index (χ3v) is 6.10. The highest BCUT2D eigenvalue weighted by Crippen LogP contribution is 2.38. The average Bonchev–Trinajstić information content (AvgIpc) is 3.46. The fourth-order valence-corrected chi connectivity index (χ4v) is 4.73. The molecule has 0 unspecified atom stereocenters. The molecule has 0 spiro atoms. The highest BCUT2D eigenvalue weighted by atomic mass is 15.1. The Morgan fingerprint density at radius 2 is 1.21 bits per heavy atom. The SMILES string of the molecule is c1ccc(-n2c3ccccc3c3c4nc(-c5cncnc5)n(-c5cncnc5)c4ccc32)cc1. The predicted octanol–water partition coefficient (Wildman–Crippen LogP) is 5.37. The second kappa shape index (κ2) is 7.31. The summed E-state index contributed by atoms with van der Waals surface area (Å²) >= 11 is 0. The maximum Gasteiger partial charge on any atom is 0.148 e. The lowest BCUT2D eigenvalue weighted by atomic mass is 10.1. The van der Waals surface area contributed by atoms with Crippen molar-refractivity contribution in [2.75, 3.05) is 0 Å². The van der Waals surface area contributed by atoms with E-state index in [-0.39, 0.29) is 0 Å². The lowest BCUT2D eigenvalue weighted by Crippen LogP contribution is -1.99. The highest BCUT2D eigenvalue weighted by Gasteiger charge is 2.21. The number of benzene rings is 3. The largest absolute Gasteiger partial charge is 0.309 e. The first kappa shape index (κ1) is 18.6. The van der Waals surface area contributed by atoms with Crippen LogP contribution in [0.4, 0.5) is 0 Å². The van der Waals surface area contributed by atoms with E-state index in [9.17, 15) is 0 Å². The Morgan fingerprint density at radius 1 is 0.529 bits per heavy atom. The van der Waals surface area contributed by atoms with Crippen molar-refractivity contribution < 1.29 is 0 Å². The molecule has 7 aromatic rings. The van der Waals surface area contributed by atoms with Crippen molar-refractivity contribution >= 4 is 32.8 Å². The molecule has 0 radical (unpaired) electrons. The molecule has 0 atom stereocenters. The summed E-state index contributed by atoms with van der Waals surface area (Å²) in [5, 5.41) is 2.25. The van der Waals surface area contributed by atoms with E-state index < -0.39 is 0 Å². The van der Waals surface area contributed by atoms with Crippen LogP contribution in [0.1, 0.15) is 0 Å². The van der Waals surface area contributed by atoms with E-state index in [2.05, 4.69) is 89.7 Å². The standard InChI is InChI=1S/C27H17N7/c1-2-6-19(7-3-1)33-22-9-5-4-8-21(22)25-23(33)10-11-24-26(25)32-27(18-12-28-16-29-13-18)34(24)20-14-30-17-31-15-20/h1-17H. The van der Waals surface area contributed by atoms with Gasteiger partial charge in [0.15, 0.2) is 0 Å². The van der Waals surface area contributed by atoms with Crippen LogP contribution in [0.15, 0.2) is 104 Å². The van der Waals surface area contributed by atoms with E-state index in [4.69, 9.17) is 4.98 Å². The van der Waals surface area contributed by atoms with Crippen molar-refractivity contribution in [2.45, 2.75) is 0 Å². The van der Waals surface area contributed by atoms with Crippen LogP contribution >= 0.6 is 0 Å². The Hall–Kier alpha value is -4.91. The molecule has 7 rings (SSSR count). The summed E-state index contributed by atoms with van der Waals surface area (Å²) in [5.41, 5.74) is 6.88. The molecule has 0 aliphatic carbocycles. The minimum Gasteiger partial charge on any atom is -0.309 e. The molecule has 0 amide bonds. The monoisotopic (exact) mass is 439 g/mol. The molecule has 34 heavy (non-hydrogen) atoms. The van der Waals surface area contributed by atoms with Crippen molar-refractivity contribution in [1.29, 1.82) is 0 Å². The van der Waals surface area contributed by atoms with E-state index in [1.807, 2.05) is 6.07 Å². The second-order valence-corrected chi connectivity index (χ2v) is 8.01. The fourth-order valence-electron chi connectivity index (χ4n) is 4.73. The molecule has 4 aromatic heterocycles. The molecule has 0 aliphatic rings. The maximum atomic E-state index is 5.16. The number of fused-ring (bicyclic) bond motifs is 5. The van der Waals surface area contributed by atoms with Crippen molar-refractivity contribution in [3.05, 3.63) is 104 Å². The Morgan fingerprint density at radius 3 is 2.00 bits per heavy atom. The highest BCUT2D eigenvalue weighted by molar-refractivity contribution is 6.20. The average molecular weight is 439 g/mol. The quantitative estimate of drug-likeness (QED) is 0.370. The number of hydrogen-bond acceptors (Lipinski definition) is 5. The van der Waals surface area contributed by atoms with Crippen LogP contribution in [-0.2, 0) is 0 Å². The molecule has 0 fully saturated rings. The van der Waals surface area contributed by atoms with Gasteiger partial charge in [0.1, 0.15) is 18.5 Å². The first-order valence-electron chi connectivity index (χ1n) is 10.9. The summed E-state index contributed by atoms with van der Waals surface area (Å²) in [6.45, 7) is 0. The van der Waals surface area contributed by atoms with E-state index >= 15 is 0 Å². The third kappa shape index (κ3) is 2.67. The minimum absolute atomic E-state index is 0.745. The number of aromatic nitrogens is 7. The Kier molecular flexibility index (Phi) is 4.01. The summed E-state index contributed by atoms with van der Waals surface area (Å²) in [4.78, 5) is 22.1. The van der Waals surface area contributed by atoms with Crippen molar-refractivity contribution in [3.63, 3.8) is 0 Å². The van der Waals surface area contributed by atoms with E-state index in [1.54, 1.807) is 24.8 Å². The van der Waals surface area contributed by atoms with Gasteiger partial charge in [-0.3, -0.25) is 4.57 Å². The van der Waals surface area contributed by atoms with E-state index in [1.165, 1.54) is 12.7 Å². The smallest absolute Gasteiger partial charge is 0.148 e. The lowest BCUT2D eigenvalue weighted by Gasteiger charge is -2.09. The van der Waals surface area contributed by atoms with Crippen LogP contribution in [0.5, 0.6) is 0 Å². The number of nitrogens with zero attached hydrogens (tertiary/aromatic N) is 7. The normalized spacial score (nSPS) is 11.5. The molecule has 0 aliphatic heterocycles. The maximum absolute atomic E-state index is 5.16. The summed E-state index contributed by atoms with van der Waals surface area (Å²) in [7, 11) is 0. The van der Waals surface area contributed by atoms with Gasteiger partial charge < -0.3 is 4.57 Å². The van der Waals surface area contributed by atoms with Crippen LogP contribution in [0.25, 0.3) is 55.6 Å². The van der Waals surface area contributed by atoms with Crippen molar-refractivity contribution in [2.24, 2.45) is 0 Å². The molecule has 3 aromatic carbocycles. The number of imidazole rings is 1.